The SMILES string of the molecule is c1cc2nnc(C3CC3)n2nc1N1CCC(N2CCSCC2)CC1. The Balaban J connectivity index is 1.30. The predicted octanol–water partition coefficient (Wildman–Crippen LogP) is 2.02. The van der Waals surface area contributed by atoms with Crippen molar-refractivity contribution in [2.45, 2.75) is 37.6 Å². The molecule has 1 aliphatic carbocycles. The van der Waals surface area contributed by atoms with E-state index in [4.69, 9.17) is 5.10 Å². The fourth-order valence-electron chi connectivity index (χ4n) is 3.96. The van der Waals surface area contributed by atoms with Gasteiger partial charge in [0.05, 0.1) is 0 Å². The standard InChI is InChI=1S/C17H24N6S/c1-2-13(1)17-19-18-15-3-4-16(20-23(15)17)22-7-5-14(6-8-22)21-9-11-24-12-10-21/h3-4,13-14H,1-2,5-12H2. The van der Waals surface area contributed by atoms with Crippen LogP contribution in [0, 0.1) is 0 Å². The van der Waals surface area contributed by atoms with Crippen molar-refractivity contribution in [1.82, 2.24) is 24.7 Å². The molecule has 0 N–H and O–H groups in total. The summed E-state index contributed by atoms with van der Waals surface area (Å²) in [6, 6.07) is 4.94. The quantitative estimate of drug-likeness (QED) is 0.849. The molecule has 3 aliphatic rings. The van der Waals surface area contributed by atoms with E-state index in [2.05, 4.69) is 43.9 Å². The van der Waals surface area contributed by atoms with Crippen LogP contribution in [0.4, 0.5) is 5.82 Å². The van der Waals surface area contributed by atoms with Gasteiger partial charge in [-0.1, -0.05) is 0 Å². The summed E-state index contributed by atoms with van der Waals surface area (Å²) in [7, 11) is 0. The number of hydrogen-bond donors (Lipinski definition) is 0. The van der Waals surface area contributed by atoms with Crippen molar-refractivity contribution in [3.05, 3.63) is 18.0 Å². The van der Waals surface area contributed by atoms with Crippen LogP contribution in [0.1, 0.15) is 37.4 Å². The van der Waals surface area contributed by atoms with Gasteiger partial charge in [0, 0.05) is 49.6 Å². The van der Waals surface area contributed by atoms with E-state index in [1.807, 2.05) is 4.52 Å². The summed E-state index contributed by atoms with van der Waals surface area (Å²) >= 11 is 2.09. The first-order valence-corrected chi connectivity index (χ1v) is 10.3. The Labute approximate surface area is 146 Å². The highest BCUT2D eigenvalue weighted by Gasteiger charge is 2.30. The normalized spacial score (nSPS) is 23.9. The number of aromatic nitrogens is 4. The Hall–Kier alpha value is -1.34. The fourth-order valence-corrected chi connectivity index (χ4v) is 4.89. The van der Waals surface area contributed by atoms with Crippen LogP contribution in [-0.4, -0.2) is 68.4 Å². The average molecular weight is 344 g/mol. The Kier molecular flexibility index (Phi) is 3.86. The zero-order valence-electron chi connectivity index (χ0n) is 14.0. The molecule has 6 nitrogen and oxygen atoms in total. The molecule has 128 valence electrons. The Bertz CT molecular complexity index is 713. The van der Waals surface area contributed by atoms with Crippen LogP contribution in [-0.2, 0) is 0 Å². The Morgan fingerprint density at radius 2 is 1.71 bits per heavy atom. The lowest BCUT2D eigenvalue weighted by atomic mass is 10.0. The number of rotatable bonds is 3. The second-order valence-electron chi connectivity index (χ2n) is 7.16. The molecule has 4 heterocycles. The fraction of sp³-hybridized carbons (Fsp3) is 0.706. The van der Waals surface area contributed by atoms with Crippen LogP contribution in [0.25, 0.3) is 5.65 Å². The molecule has 2 saturated heterocycles. The molecule has 0 amide bonds. The molecule has 0 atom stereocenters. The van der Waals surface area contributed by atoms with Gasteiger partial charge in [0.25, 0.3) is 0 Å². The predicted molar refractivity (Wildman–Crippen MR) is 96.9 cm³/mol. The zero-order valence-corrected chi connectivity index (χ0v) is 14.8. The molecule has 3 fully saturated rings. The van der Waals surface area contributed by atoms with Crippen LogP contribution >= 0.6 is 11.8 Å². The summed E-state index contributed by atoms with van der Waals surface area (Å²) in [5.41, 5.74) is 0.876. The van der Waals surface area contributed by atoms with Crippen molar-refractivity contribution in [2.24, 2.45) is 0 Å². The van der Waals surface area contributed by atoms with E-state index in [9.17, 15) is 0 Å². The minimum absolute atomic E-state index is 0.574. The van der Waals surface area contributed by atoms with E-state index in [-0.39, 0.29) is 0 Å². The molecule has 0 unspecified atom stereocenters. The van der Waals surface area contributed by atoms with E-state index in [1.54, 1.807) is 0 Å². The molecule has 0 bridgehead atoms. The maximum absolute atomic E-state index is 4.86. The van der Waals surface area contributed by atoms with E-state index in [1.165, 1.54) is 50.3 Å². The smallest absolute Gasteiger partial charge is 0.178 e. The lowest BCUT2D eigenvalue weighted by Gasteiger charge is -2.40. The van der Waals surface area contributed by atoms with Crippen molar-refractivity contribution in [2.75, 3.05) is 42.6 Å². The Morgan fingerprint density at radius 1 is 0.917 bits per heavy atom. The van der Waals surface area contributed by atoms with Crippen molar-refractivity contribution in [3.8, 4) is 0 Å². The molecule has 5 rings (SSSR count). The average Bonchev–Trinajstić information content (AvgIpc) is 3.41. The number of piperidine rings is 1. The molecule has 1 saturated carbocycles. The number of hydrogen-bond acceptors (Lipinski definition) is 6. The third-order valence-corrected chi connectivity index (χ3v) is 6.51. The van der Waals surface area contributed by atoms with Crippen LogP contribution in [0.15, 0.2) is 12.1 Å². The first-order chi connectivity index (χ1) is 11.9. The monoisotopic (exact) mass is 344 g/mol. The first kappa shape index (κ1) is 15.0. The highest BCUT2D eigenvalue weighted by Crippen LogP contribution is 2.38. The minimum Gasteiger partial charge on any atom is -0.355 e. The van der Waals surface area contributed by atoms with Gasteiger partial charge in [-0.25, -0.2) is 0 Å². The van der Waals surface area contributed by atoms with Gasteiger partial charge >= 0.3 is 0 Å². The van der Waals surface area contributed by atoms with Gasteiger partial charge in [-0.15, -0.1) is 15.3 Å². The number of nitrogens with zero attached hydrogens (tertiary/aromatic N) is 6. The van der Waals surface area contributed by atoms with Gasteiger partial charge in [-0.2, -0.15) is 16.3 Å². The Morgan fingerprint density at radius 3 is 2.46 bits per heavy atom. The first-order valence-electron chi connectivity index (χ1n) is 9.17. The second-order valence-corrected chi connectivity index (χ2v) is 8.39. The van der Waals surface area contributed by atoms with Crippen LogP contribution in [0.2, 0.25) is 0 Å². The van der Waals surface area contributed by atoms with Crippen molar-refractivity contribution in [1.29, 1.82) is 0 Å². The van der Waals surface area contributed by atoms with Gasteiger partial charge in [0.2, 0.25) is 0 Å². The summed E-state index contributed by atoms with van der Waals surface area (Å²) in [5.74, 6) is 5.31. The van der Waals surface area contributed by atoms with Gasteiger partial charge in [-0.3, -0.25) is 4.90 Å². The molecular weight excluding hydrogens is 320 g/mol. The maximum atomic E-state index is 4.86. The summed E-state index contributed by atoms with van der Waals surface area (Å²) in [6.07, 6.45) is 4.96. The van der Waals surface area contributed by atoms with Crippen molar-refractivity contribution < 1.29 is 0 Å². The molecular formula is C17H24N6S. The molecule has 0 radical (unpaired) electrons. The largest absolute Gasteiger partial charge is 0.355 e. The van der Waals surface area contributed by atoms with E-state index >= 15 is 0 Å². The van der Waals surface area contributed by atoms with Crippen LogP contribution < -0.4 is 4.90 Å². The van der Waals surface area contributed by atoms with Crippen molar-refractivity contribution in [3.63, 3.8) is 0 Å². The van der Waals surface area contributed by atoms with Gasteiger partial charge in [-0.05, 0) is 37.8 Å². The lowest BCUT2D eigenvalue weighted by molar-refractivity contribution is 0.185. The van der Waals surface area contributed by atoms with Gasteiger partial charge < -0.3 is 4.90 Å². The molecule has 7 heteroatoms. The third-order valence-electron chi connectivity index (χ3n) is 5.57. The molecule has 0 spiro atoms. The molecule has 2 aliphatic heterocycles. The zero-order chi connectivity index (χ0) is 15.9. The van der Waals surface area contributed by atoms with E-state index < -0.39 is 0 Å². The third kappa shape index (κ3) is 2.77. The molecule has 2 aromatic heterocycles. The van der Waals surface area contributed by atoms with Crippen LogP contribution in [0.5, 0.6) is 0 Å². The van der Waals surface area contributed by atoms with E-state index in [0.717, 1.165) is 36.4 Å². The summed E-state index contributed by atoms with van der Waals surface area (Å²) in [4.78, 5) is 5.14. The molecule has 24 heavy (non-hydrogen) atoms. The number of anilines is 1. The topological polar surface area (TPSA) is 49.6 Å². The van der Waals surface area contributed by atoms with Gasteiger partial charge in [0.15, 0.2) is 11.5 Å². The number of thioether (sulfide) groups is 1. The maximum Gasteiger partial charge on any atom is 0.178 e. The van der Waals surface area contributed by atoms with E-state index in [0.29, 0.717) is 5.92 Å². The summed E-state index contributed by atoms with van der Waals surface area (Å²) in [5, 5.41) is 13.5. The second kappa shape index (κ2) is 6.19. The summed E-state index contributed by atoms with van der Waals surface area (Å²) in [6.45, 7) is 4.75. The summed E-state index contributed by atoms with van der Waals surface area (Å²) < 4.78 is 1.97. The number of fused-ring (bicyclic) bond motifs is 1. The lowest BCUT2D eigenvalue weighted by Crippen LogP contribution is -2.48. The minimum atomic E-state index is 0.574. The van der Waals surface area contributed by atoms with Crippen molar-refractivity contribution >= 4 is 23.2 Å². The highest BCUT2D eigenvalue weighted by molar-refractivity contribution is 7.99. The molecule has 2 aromatic rings. The van der Waals surface area contributed by atoms with Gasteiger partial charge in [0.1, 0.15) is 5.82 Å². The van der Waals surface area contributed by atoms with Crippen LogP contribution in [0.3, 0.4) is 0 Å². The highest BCUT2D eigenvalue weighted by atomic mass is 32.2. The molecule has 0 aromatic carbocycles.